The van der Waals surface area contributed by atoms with Crippen molar-refractivity contribution in [3.63, 3.8) is 0 Å². The molecule has 35 heavy (non-hydrogen) atoms. The molecule has 2 amide bonds. The first-order chi connectivity index (χ1) is 17.0. The third kappa shape index (κ3) is 5.86. The summed E-state index contributed by atoms with van der Waals surface area (Å²) in [6.07, 6.45) is 2.59. The number of aliphatic carboxylic acids is 1. The third-order valence-electron chi connectivity index (χ3n) is 5.92. The second-order valence-corrected chi connectivity index (χ2v) is 9.44. The average Bonchev–Trinajstić information content (AvgIpc) is 3.43. The zero-order valence-electron chi connectivity index (χ0n) is 19.3. The summed E-state index contributed by atoms with van der Waals surface area (Å²) in [5.41, 5.74) is 4.60. The molecule has 1 aliphatic carbocycles. The van der Waals surface area contributed by atoms with Crippen LogP contribution in [-0.4, -0.2) is 40.7 Å². The molecular weight excluding hydrogens is 466 g/mol. The van der Waals surface area contributed by atoms with Gasteiger partial charge in [0.2, 0.25) is 5.91 Å². The van der Waals surface area contributed by atoms with E-state index in [1.165, 1.54) is 11.3 Å². The number of hydrogen-bond acceptors (Lipinski definition) is 6. The molecule has 0 saturated carbocycles. The maximum atomic E-state index is 12.4. The van der Waals surface area contributed by atoms with Gasteiger partial charge in [0.1, 0.15) is 12.6 Å². The molecular formula is C26H27N3O5S. The summed E-state index contributed by atoms with van der Waals surface area (Å²) in [5, 5.41) is 14.7. The molecule has 0 bridgehead atoms. The van der Waals surface area contributed by atoms with Gasteiger partial charge in [-0.15, -0.1) is 11.3 Å². The number of carboxylic acid groups (broad SMARTS) is 1. The number of anilines is 1. The maximum Gasteiger partial charge on any atom is 0.413 e. The van der Waals surface area contributed by atoms with Gasteiger partial charge in [0.25, 0.3) is 0 Å². The zero-order chi connectivity index (χ0) is 24.8. The fraction of sp³-hybridized carbons (Fsp3) is 0.308. The summed E-state index contributed by atoms with van der Waals surface area (Å²) in [7, 11) is 0. The quantitative estimate of drug-likeness (QED) is 0.373. The van der Waals surface area contributed by atoms with E-state index >= 15 is 0 Å². The monoisotopic (exact) mass is 493 g/mol. The zero-order valence-corrected chi connectivity index (χ0v) is 20.1. The Morgan fingerprint density at radius 3 is 2.37 bits per heavy atom. The summed E-state index contributed by atoms with van der Waals surface area (Å²) in [5.74, 6) is -1.39. The lowest BCUT2D eigenvalue weighted by molar-refractivity contribution is -0.142. The van der Waals surface area contributed by atoms with Crippen LogP contribution >= 0.6 is 11.3 Å². The fourth-order valence-electron chi connectivity index (χ4n) is 4.25. The molecule has 3 N–H and O–H groups in total. The van der Waals surface area contributed by atoms with Crippen molar-refractivity contribution >= 4 is 34.4 Å². The second kappa shape index (κ2) is 11.1. The summed E-state index contributed by atoms with van der Waals surface area (Å²) < 4.78 is 5.54. The summed E-state index contributed by atoms with van der Waals surface area (Å²) in [6, 6.07) is 15.4. The number of hydrogen-bond donors (Lipinski definition) is 3. The predicted molar refractivity (Wildman–Crippen MR) is 134 cm³/mol. The number of carbonyl (C=O) groups excluding carboxylic acids is 2. The Morgan fingerprint density at radius 1 is 1.09 bits per heavy atom. The van der Waals surface area contributed by atoms with E-state index in [1.807, 2.05) is 31.2 Å². The minimum Gasteiger partial charge on any atom is -0.480 e. The first kappa shape index (κ1) is 24.4. The molecule has 0 unspecified atom stereocenters. The molecule has 1 atom stereocenters. The van der Waals surface area contributed by atoms with Gasteiger partial charge in [-0.05, 0) is 35.1 Å². The van der Waals surface area contributed by atoms with Crippen LogP contribution in [0.1, 0.15) is 48.1 Å². The van der Waals surface area contributed by atoms with Crippen molar-refractivity contribution in [1.29, 1.82) is 0 Å². The van der Waals surface area contributed by atoms with E-state index in [9.17, 15) is 14.4 Å². The Labute approximate surface area is 207 Å². The smallest absolute Gasteiger partial charge is 0.413 e. The summed E-state index contributed by atoms with van der Waals surface area (Å²) in [4.78, 5) is 40.7. The number of nitrogens with zero attached hydrogens (tertiary/aromatic N) is 1. The van der Waals surface area contributed by atoms with Gasteiger partial charge in [-0.25, -0.2) is 14.6 Å². The largest absolute Gasteiger partial charge is 0.480 e. The molecule has 1 aliphatic rings. The lowest BCUT2D eigenvalue weighted by Crippen LogP contribution is -2.40. The van der Waals surface area contributed by atoms with Crippen LogP contribution in [0.15, 0.2) is 54.7 Å². The van der Waals surface area contributed by atoms with Crippen LogP contribution in [0.4, 0.5) is 9.93 Å². The minimum atomic E-state index is -1.03. The normalized spacial score (nSPS) is 12.9. The third-order valence-corrected chi connectivity index (χ3v) is 6.89. The van der Waals surface area contributed by atoms with Crippen LogP contribution in [0.3, 0.4) is 0 Å². The van der Waals surface area contributed by atoms with E-state index in [0.29, 0.717) is 24.4 Å². The molecule has 3 aromatic rings. The van der Waals surface area contributed by atoms with Crippen molar-refractivity contribution in [2.45, 2.75) is 44.6 Å². The topological polar surface area (TPSA) is 118 Å². The maximum absolute atomic E-state index is 12.4. The van der Waals surface area contributed by atoms with Crippen molar-refractivity contribution in [2.24, 2.45) is 0 Å². The SMILES string of the molecule is CCC[C@@H](NC(=O)CCc1cnc(NC(=O)OCC2c3ccccc3-c3ccccc32)s1)C(=O)O. The Hall–Kier alpha value is -3.72. The Bertz CT molecular complexity index is 1180. The average molecular weight is 494 g/mol. The van der Waals surface area contributed by atoms with E-state index in [-0.39, 0.29) is 24.9 Å². The lowest BCUT2D eigenvalue weighted by Gasteiger charge is -2.14. The van der Waals surface area contributed by atoms with Crippen molar-refractivity contribution in [3.8, 4) is 11.1 Å². The van der Waals surface area contributed by atoms with Gasteiger partial charge in [-0.3, -0.25) is 10.1 Å². The minimum absolute atomic E-state index is 0.0270. The van der Waals surface area contributed by atoms with Crippen molar-refractivity contribution in [3.05, 3.63) is 70.7 Å². The summed E-state index contributed by atoms with van der Waals surface area (Å²) in [6.45, 7) is 2.07. The van der Waals surface area contributed by atoms with E-state index in [4.69, 9.17) is 9.84 Å². The van der Waals surface area contributed by atoms with Gasteiger partial charge in [-0.2, -0.15) is 0 Å². The highest BCUT2D eigenvalue weighted by Crippen LogP contribution is 2.44. The lowest BCUT2D eigenvalue weighted by atomic mass is 9.98. The molecule has 1 aromatic heterocycles. The number of carbonyl (C=O) groups is 3. The number of rotatable bonds is 10. The van der Waals surface area contributed by atoms with Crippen molar-refractivity contribution < 1.29 is 24.2 Å². The molecule has 0 aliphatic heterocycles. The molecule has 9 heteroatoms. The van der Waals surface area contributed by atoms with E-state index in [1.54, 1.807) is 6.20 Å². The molecule has 0 spiro atoms. The number of benzene rings is 2. The van der Waals surface area contributed by atoms with Crippen LogP contribution in [0.25, 0.3) is 11.1 Å². The molecule has 8 nitrogen and oxygen atoms in total. The van der Waals surface area contributed by atoms with Crippen LogP contribution < -0.4 is 10.6 Å². The van der Waals surface area contributed by atoms with Gasteiger partial charge in [-0.1, -0.05) is 61.9 Å². The van der Waals surface area contributed by atoms with Crippen LogP contribution in [0.5, 0.6) is 0 Å². The fourth-order valence-corrected chi connectivity index (χ4v) is 5.05. The van der Waals surface area contributed by atoms with E-state index in [0.717, 1.165) is 27.1 Å². The first-order valence-corrected chi connectivity index (χ1v) is 12.4. The number of carboxylic acids is 1. The number of nitrogens with one attached hydrogen (secondary N) is 2. The number of amides is 2. The number of thiazole rings is 1. The van der Waals surface area contributed by atoms with Crippen LogP contribution in [0.2, 0.25) is 0 Å². The van der Waals surface area contributed by atoms with Crippen molar-refractivity contribution in [2.75, 3.05) is 11.9 Å². The Morgan fingerprint density at radius 2 is 1.74 bits per heavy atom. The standard InChI is InChI=1S/C26H27N3O5S/c1-2-7-22(24(31)32)28-23(30)13-12-16-14-27-25(35-16)29-26(33)34-15-21-19-10-5-3-8-17(19)18-9-4-6-11-20(18)21/h3-6,8-11,14,21-22H,2,7,12-13,15H2,1H3,(H,28,30)(H,31,32)(H,27,29,33)/t22-/m1/s1. The van der Waals surface area contributed by atoms with Gasteiger partial charge >= 0.3 is 12.1 Å². The van der Waals surface area contributed by atoms with E-state index in [2.05, 4.69) is 39.9 Å². The predicted octanol–water partition coefficient (Wildman–Crippen LogP) is 4.81. The number of fused-ring (bicyclic) bond motifs is 3. The highest BCUT2D eigenvalue weighted by Gasteiger charge is 2.29. The molecule has 1 heterocycles. The summed E-state index contributed by atoms with van der Waals surface area (Å²) >= 11 is 1.25. The molecule has 2 aromatic carbocycles. The first-order valence-electron chi connectivity index (χ1n) is 11.5. The Balaban J connectivity index is 1.28. The molecule has 182 valence electrons. The molecule has 4 rings (SSSR count). The molecule has 0 fully saturated rings. The van der Waals surface area contributed by atoms with Crippen molar-refractivity contribution in [1.82, 2.24) is 10.3 Å². The van der Waals surface area contributed by atoms with Gasteiger partial charge < -0.3 is 15.2 Å². The number of aryl methyl sites for hydroxylation is 1. The highest BCUT2D eigenvalue weighted by molar-refractivity contribution is 7.15. The number of ether oxygens (including phenoxy) is 1. The molecule has 0 saturated heterocycles. The number of aromatic nitrogens is 1. The molecule has 0 radical (unpaired) electrons. The van der Waals surface area contributed by atoms with Crippen LogP contribution in [0, 0.1) is 0 Å². The van der Waals surface area contributed by atoms with Gasteiger partial charge in [0.15, 0.2) is 5.13 Å². The van der Waals surface area contributed by atoms with Crippen LogP contribution in [-0.2, 0) is 20.7 Å². The highest BCUT2D eigenvalue weighted by atomic mass is 32.1. The van der Waals surface area contributed by atoms with E-state index < -0.39 is 18.1 Å². The second-order valence-electron chi connectivity index (χ2n) is 8.33. The van der Waals surface area contributed by atoms with Gasteiger partial charge in [0.05, 0.1) is 0 Å². The Kier molecular flexibility index (Phi) is 7.77. The van der Waals surface area contributed by atoms with Gasteiger partial charge in [0, 0.05) is 23.4 Å².